The first kappa shape index (κ1) is 22.7. The molecule has 11 heteroatoms. The van der Waals surface area contributed by atoms with E-state index in [1.165, 1.54) is 18.9 Å². The molecule has 1 spiro atoms. The minimum Gasteiger partial charge on any atom is -0.482 e. The van der Waals surface area contributed by atoms with Crippen molar-refractivity contribution in [1.82, 2.24) is 10.2 Å². The Morgan fingerprint density at radius 1 is 1.33 bits per heavy atom. The van der Waals surface area contributed by atoms with E-state index in [1.807, 2.05) is 19.1 Å². The van der Waals surface area contributed by atoms with E-state index in [0.29, 0.717) is 12.3 Å². The second kappa shape index (κ2) is 8.83. The number of amides is 2. The summed E-state index contributed by atoms with van der Waals surface area (Å²) in [6.45, 7) is 1.88. The quantitative estimate of drug-likeness (QED) is 0.415. The molecule has 3 aliphatic rings. The van der Waals surface area contributed by atoms with Crippen molar-refractivity contribution in [3.8, 4) is 17.9 Å². The lowest BCUT2D eigenvalue weighted by atomic mass is 10.2. The minimum absolute atomic E-state index is 0.0762. The number of hydrogen-bond acceptors (Lipinski definition) is 9. The molecule has 1 heterocycles. The van der Waals surface area contributed by atoms with Gasteiger partial charge < -0.3 is 25.0 Å². The third kappa shape index (κ3) is 3.83. The monoisotopic (exact) mass is 469 g/mol. The van der Waals surface area contributed by atoms with E-state index in [1.54, 1.807) is 23.1 Å². The van der Waals surface area contributed by atoms with Crippen LogP contribution in [0.3, 0.4) is 0 Å². The molecular formula is C22H23N5O5S. The van der Waals surface area contributed by atoms with Crippen LogP contribution in [-0.4, -0.2) is 65.7 Å². The lowest BCUT2D eigenvalue weighted by Crippen LogP contribution is -2.48. The molecule has 2 aliphatic carbocycles. The summed E-state index contributed by atoms with van der Waals surface area (Å²) in [5.74, 6) is -2.00. The van der Waals surface area contributed by atoms with Crippen molar-refractivity contribution in [1.29, 1.82) is 10.5 Å². The number of nitrogens with one attached hydrogen (secondary N) is 2. The van der Waals surface area contributed by atoms with Crippen LogP contribution in [0.15, 0.2) is 24.3 Å². The first-order valence-electron chi connectivity index (χ1n) is 10.5. The van der Waals surface area contributed by atoms with Crippen LogP contribution in [-0.2, 0) is 19.1 Å². The maximum Gasteiger partial charge on any atom is 0.343 e. The van der Waals surface area contributed by atoms with Crippen LogP contribution in [0.2, 0.25) is 0 Å². The number of carbonyl (C=O) groups is 3. The molecule has 0 bridgehead atoms. The highest BCUT2D eigenvalue weighted by atomic mass is 32.2. The molecule has 4 rings (SSSR count). The lowest BCUT2D eigenvalue weighted by Gasteiger charge is -2.35. The number of benzene rings is 1. The average Bonchev–Trinajstić information content (AvgIpc) is 3.69. The standard InChI is InChI=1S/C22H23N5O5S/c1-3-27-21(30)16-18(26-12-5-4-6-13(9-12)32-11-15(28)31-2)19(16)33-22(27)14(10-24)17(22)20(29)25-8-7-23/h4-6,9,14,16-19,26H,3,8,11H2,1-2H3,(H,25,29). The Bertz CT molecular complexity index is 1070. The normalized spacial score (nSPS) is 31.0. The number of nitriles is 2. The van der Waals surface area contributed by atoms with Gasteiger partial charge >= 0.3 is 5.97 Å². The van der Waals surface area contributed by atoms with Gasteiger partial charge in [0.2, 0.25) is 11.8 Å². The van der Waals surface area contributed by atoms with Crippen LogP contribution in [0.1, 0.15) is 6.92 Å². The SMILES string of the molecule is CCN1C(=O)C2C(Nc3cccc(OCC(=O)OC)c3)C2SC12C(C#N)C2C(=O)NCC#N. The number of anilines is 1. The zero-order chi connectivity index (χ0) is 23.8. The Balaban J connectivity index is 1.48. The van der Waals surface area contributed by atoms with E-state index in [9.17, 15) is 19.6 Å². The zero-order valence-electron chi connectivity index (χ0n) is 18.1. The third-order valence-electron chi connectivity index (χ3n) is 6.20. The van der Waals surface area contributed by atoms with Gasteiger partial charge in [0.15, 0.2) is 6.61 Å². The van der Waals surface area contributed by atoms with Crippen molar-refractivity contribution in [2.75, 3.05) is 32.1 Å². The van der Waals surface area contributed by atoms with Crippen LogP contribution in [0.5, 0.6) is 5.75 Å². The number of hydrogen-bond donors (Lipinski definition) is 2. The molecule has 3 fully saturated rings. The van der Waals surface area contributed by atoms with E-state index < -0.39 is 22.7 Å². The summed E-state index contributed by atoms with van der Waals surface area (Å²) < 4.78 is 9.99. The summed E-state index contributed by atoms with van der Waals surface area (Å²) in [4.78, 5) is 37.9. The zero-order valence-corrected chi connectivity index (χ0v) is 18.9. The van der Waals surface area contributed by atoms with Gasteiger partial charge in [-0.2, -0.15) is 10.5 Å². The summed E-state index contributed by atoms with van der Waals surface area (Å²) >= 11 is 1.50. The lowest BCUT2D eigenvalue weighted by molar-refractivity contribution is -0.143. The van der Waals surface area contributed by atoms with E-state index in [0.717, 1.165) is 5.69 Å². The fourth-order valence-corrected chi connectivity index (χ4v) is 6.74. The predicted molar refractivity (Wildman–Crippen MR) is 118 cm³/mol. The molecule has 33 heavy (non-hydrogen) atoms. The minimum atomic E-state index is -0.900. The maximum atomic E-state index is 13.3. The topological polar surface area (TPSA) is 145 Å². The Morgan fingerprint density at radius 3 is 2.79 bits per heavy atom. The van der Waals surface area contributed by atoms with Gasteiger partial charge in [-0.05, 0) is 19.1 Å². The van der Waals surface area contributed by atoms with Crippen LogP contribution in [0, 0.1) is 40.4 Å². The first-order valence-corrected chi connectivity index (χ1v) is 11.4. The summed E-state index contributed by atoms with van der Waals surface area (Å²) in [5, 5.41) is 24.3. The average molecular weight is 470 g/mol. The van der Waals surface area contributed by atoms with Gasteiger partial charge in [-0.3, -0.25) is 9.59 Å². The molecule has 1 saturated heterocycles. The fourth-order valence-electron chi connectivity index (χ4n) is 4.58. The summed E-state index contributed by atoms with van der Waals surface area (Å²) in [6.07, 6.45) is 0. The molecule has 0 radical (unpaired) electrons. The largest absolute Gasteiger partial charge is 0.482 e. The number of rotatable bonds is 8. The highest BCUT2D eigenvalue weighted by Gasteiger charge is 2.80. The van der Waals surface area contributed by atoms with E-state index in [4.69, 9.17) is 10.00 Å². The molecule has 6 atom stereocenters. The molecule has 10 nitrogen and oxygen atoms in total. The van der Waals surface area contributed by atoms with Crippen molar-refractivity contribution in [3.63, 3.8) is 0 Å². The van der Waals surface area contributed by atoms with Crippen LogP contribution in [0.4, 0.5) is 5.69 Å². The van der Waals surface area contributed by atoms with Crippen LogP contribution >= 0.6 is 11.8 Å². The molecule has 172 valence electrons. The molecule has 0 aromatic heterocycles. The van der Waals surface area contributed by atoms with Crippen molar-refractivity contribution in [3.05, 3.63) is 24.3 Å². The number of nitrogens with zero attached hydrogens (tertiary/aromatic N) is 3. The summed E-state index contributed by atoms with van der Waals surface area (Å²) in [6, 6.07) is 11.0. The predicted octanol–water partition coefficient (Wildman–Crippen LogP) is 0.718. The van der Waals surface area contributed by atoms with Gasteiger partial charge in [-0.1, -0.05) is 6.07 Å². The molecule has 2 saturated carbocycles. The number of carbonyl (C=O) groups excluding carboxylic acids is 3. The Labute approximate surface area is 195 Å². The van der Waals surface area contributed by atoms with E-state index in [-0.39, 0.29) is 42.2 Å². The fraction of sp³-hybridized carbons (Fsp3) is 0.500. The van der Waals surface area contributed by atoms with E-state index in [2.05, 4.69) is 21.4 Å². The number of thioether (sulfide) groups is 1. The molecule has 1 aliphatic heterocycles. The van der Waals surface area contributed by atoms with Crippen molar-refractivity contribution in [2.24, 2.45) is 17.8 Å². The van der Waals surface area contributed by atoms with Crippen LogP contribution < -0.4 is 15.4 Å². The molecule has 2 amide bonds. The maximum absolute atomic E-state index is 13.3. The summed E-state index contributed by atoms with van der Waals surface area (Å²) in [7, 11) is 1.29. The molecule has 6 unspecified atom stereocenters. The van der Waals surface area contributed by atoms with E-state index >= 15 is 0 Å². The third-order valence-corrected chi connectivity index (χ3v) is 8.16. The highest BCUT2D eigenvalue weighted by molar-refractivity contribution is 8.02. The van der Waals surface area contributed by atoms with Gasteiger partial charge in [-0.25, -0.2) is 4.79 Å². The Morgan fingerprint density at radius 2 is 2.12 bits per heavy atom. The Hall–Kier alpha value is -3.44. The second-order valence-electron chi connectivity index (χ2n) is 7.97. The Kier molecular flexibility index (Phi) is 6.09. The van der Waals surface area contributed by atoms with Crippen LogP contribution in [0.25, 0.3) is 0 Å². The van der Waals surface area contributed by atoms with Crippen molar-refractivity contribution < 1.29 is 23.9 Å². The van der Waals surface area contributed by atoms with Crippen molar-refractivity contribution in [2.45, 2.75) is 23.1 Å². The number of methoxy groups -OCH3 is 1. The first-order chi connectivity index (χ1) is 15.9. The van der Waals surface area contributed by atoms with Gasteiger partial charge in [-0.15, -0.1) is 11.8 Å². The van der Waals surface area contributed by atoms with Crippen molar-refractivity contribution >= 4 is 35.2 Å². The molecule has 1 aromatic rings. The molecule has 2 N–H and O–H groups in total. The highest BCUT2D eigenvalue weighted by Crippen LogP contribution is 2.70. The second-order valence-corrected chi connectivity index (χ2v) is 9.40. The number of ether oxygens (including phenoxy) is 2. The smallest absolute Gasteiger partial charge is 0.343 e. The summed E-state index contributed by atoms with van der Waals surface area (Å²) in [5.41, 5.74) is 0.734. The van der Waals surface area contributed by atoms with Gasteiger partial charge in [0.25, 0.3) is 0 Å². The van der Waals surface area contributed by atoms with Gasteiger partial charge in [0, 0.05) is 23.5 Å². The van der Waals surface area contributed by atoms with Gasteiger partial charge in [0.05, 0.1) is 43.0 Å². The van der Waals surface area contributed by atoms with Gasteiger partial charge in [0.1, 0.15) is 17.2 Å². The number of fused-ring (bicyclic) bond motifs is 1. The molecule has 1 aromatic carbocycles. The molecular weight excluding hydrogens is 446 g/mol. The number of esters is 1.